The van der Waals surface area contributed by atoms with Crippen molar-refractivity contribution in [3.8, 4) is 0 Å². The smallest absolute Gasteiger partial charge is 0.239 e. The molecule has 0 aliphatic carbocycles. The fraction of sp³-hybridized carbons (Fsp3) is 0.462. The van der Waals surface area contributed by atoms with E-state index in [1.807, 2.05) is 36.2 Å². The van der Waals surface area contributed by atoms with E-state index in [0.29, 0.717) is 19.6 Å². The summed E-state index contributed by atoms with van der Waals surface area (Å²) in [5, 5.41) is 15.6. The predicted octanol–water partition coefficient (Wildman–Crippen LogP) is -0.124. The lowest BCUT2D eigenvalue weighted by Crippen LogP contribution is -2.47. The largest absolute Gasteiger partial charge is 0.387 e. The van der Waals surface area contributed by atoms with Gasteiger partial charge in [-0.1, -0.05) is 12.1 Å². The summed E-state index contributed by atoms with van der Waals surface area (Å²) in [5.41, 5.74) is 1.90. The predicted molar refractivity (Wildman–Crippen MR) is 70.6 cm³/mol. The molecule has 5 heteroatoms. The van der Waals surface area contributed by atoms with E-state index in [9.17, 15) is 9.90 Å². The van der Waals surface area contributed by atoms with Gasteiger partial charge >= 0.3 is 0 Å². The number of rotatable bonds is 4. The highest BCUT2D eigenvalue weighted by atomic mass is 16.3. The van der Waals surface area contributed by atoms with E-state index in [0.717, 1.165) is 17.8 Å². The first-order chi connectivity index (χ1) is 8.70. The number of amides is 1. The van der Waals surface area contributed by atoms with Crippen molar-refractivity contribution in [2.45, 2.75) is 6.10 Å². The van der Waals surface area contributed by atoms with E-state index in [1.54, 1.807) is 0 Å². The van der Waals surface area contributed by atoms with Crippen molar-refractivity contribution in [1.29, 1.82) is 0 Å². The van der Waals surface area contributed by atoms with Crippen molar-refractivity contribution >= 4 is 11.6 Å². The van der Waals surface area contributed by atoms with Crippen LogP contribution >= 0.6 is 0 Å². The summed E-state index contributed by atoms with van der Waals surface area (Å²) < 4.78 is 0. The number of benzene rings is 1. The average Bonchev–Trinajstić information content (AvgIpc) is 2.39. The van der Waals surface area contributed by atoms with Crippen molar-refractivity contribution in [2.24, 2.45) is 0 Å². The second-order valence-electron chi connectivity index (χ2n) is 4.44. The third-order valence-corrected chi connectivity index (χ3v) is 3.08. The van der Waals surface area contributed by atoms with Crippen molar-refractivity contribution in [2.75, 3.05) is 38.1 Å². The topological polar surface area (TPSA) is 64.6 Å². The van der Waals surface area contributed by atoms with Gasteiger partial charge in [0.25, 0.3) is 0 Å². The summed E-state index contributed by atoms with van der Waals surface area (Å²) in [6, 6.07) is 7.72. The number of nitrogens with one attached hydrogen (secondary N) is 2. The van der Waals surface area contributed by atoms with E-state index in [4.69, 9.17) is 0 Å². The molecule has 1 aromatic carbocycles. The number of hydrogen-bond acceptors (Lipinski definition) is 4. The Balaban J connectivity index is 2.04. The molecule has 1 saturated heterocycles. The quantitative estimate of drug-likeness (QED) is 0.696. The number of hydrogen-bond donors (Lipinski definition) is 3. The molecule has 0 radical (unpaired) electrons. The molecule has 1 atom stereocenters. The molecule has 3 N–H and O–H groups in total. The number of carbonyl (C=O) groups excluding carboxylic acids is 1. The monoisotopic (exact) mass is 249 g/mol. The molecule has 1 fully saturated rings. The van der Waals surface area contributed by atoms with Gasteiger partial charge in [0.05, 0.1) is 12.6 Å². The molecule has 1 aromatic rings. The van der Waals surface area contributed by atoms with Gasteiger partial charge in [0.1, 0.15) is 0 Å². The van der Waals surface area contributed by atoms with Crippen LogP contribution in [0.25, 0.3) is 0 Å². The summed E-state index contributed by atoms with van der Waals surface area (Å²) in [6.07, 6.45) is -0.492. The SMILES string of the molecule is CNCC(O)c1ccc(N2CCNC(=O)C2)cc1. The van der Waals surface area contributed by atoms with Gasteiger partial charge in [0, 0.05) is 25.3 Å². The maximum Gasteiger partial charge on any atom is 0.239 e. The zero-order valence-electron chi connectivity index (χ0n) is 10.5. The number of aliphatic hydroxyl groups is 1. The normalized spacial score (nSPS) is 17.4. The van der Waals surface area contributed by atoms with Crippen LogP contribution in [-0.4, -0.2) is 44.2 Å². The van der Waals surface area contributed by atoms with Crippen LogP contribution in [0.1, 0.15) is 11.7 Å². The van der Waals surface area contributed by atoms with Crippen LogP contribution < -0.4 is 15.5 Å². The van der Waals surface area contributed by atoms with Gasteiger partial charge in [-0.2, -0.15) is 0 Å². The Kier molecular flexibility index (Phi) is 4.17. The second-order valence-corrected chi connectivity index (χ2v) is 4.44. The highest BCUT2D eigenvalue weighted by Crippen LogP contribution is 2.19. The van der Waals surface area contributed by atoms with Crippen LogP contribution in [-0.2, 0) is 4.79 Å². The van der Waals surface area contributed by atoms with Gasteiger partial charge in [0.15, 0.2) is 0 Å². The van der Waals surface area contributed by atoms with Gasteiger partial charge in [-0.05, 0) is 24.7 Å². The minimum Gasteiger partial charge on any atom is -0.387 e. The lowest BCUT2D eigenvalue weighted by Gasteiger charge is -2.28. The molecule has 1 unspecified atom stereocenters. The molecule has 5 nitrogen and oxygen atoms in total. The maximum absolute atomic E-state index is 11.3. The molecular weight excluding hydrogens is 230 g/mol. The zero-order valence-corrected chi connectivity index (χ0v) is 10.5. The highest BCUT2D eigenvalue weighted by molar-refractivity contribution is 5.82. The molecule has 18 heavy (non-hydrogen) atoms. The fourth-order valence-electron chi connectivity index (χ4n) is 2.08. The number of carbonyl (C=O) groups is 1. The zero-order chi connectivity index (χ0) is 13.0. The Morgan fingerprint density at radius 2 is 2.17 bits per heavy atom. The first-order valence-corrected chi connectivity index (χ1v) is 6.15. The lowest BCUT2D eigenvalue weighted by atomic mass is 10.1. The summed E-state index contributed by atoms with van der Waals surface area (Å²) in [7, 11) is 1.81. The maximum atomic E-state index is 11.3. The van der Waals surface area contributed by atoms with Crippen LogP contribution in [0, 0.1) is 0 Å². The van der Waals surface area contributed by atoms with Crippen molar-refractivity contribution in [3.63, 3.8) is 0 Å². The molecule has 1 aliphatic rings. The van der Waals surface area contributed by atoms with Crippen LogP contribution in [0.4, 0.5) is 5.69 Å². The van der Waals surface area contributed by atoms with Crippen molar-refractivity contribution < 1.29 is 9.90 Å². The minimum absolute atomic E-state index is 0.0561. The van der Waals surface area contributed by atoms with Gasteiger partial charge in [-0.25, -0.2) is 0 Å². The Labute approximate surface area is 107 Å². The number of anilines is 1. The Hall–Kier alpha value is -1.59. The Bertz CT molecular complexity index is 405. The first kappa shape index (κ1) is 12.9. The van der Waals surface area contributed by atoms with Crippen LogP contribution in [0.2, 0.25) is 0 Å². The number of nitrogens with zero attached hydrogens (tertiary/aromatic N) is 1. The van der Waals surface area contributed by atoms with Crippen LogP contribution in [0.3, 0.4) is 0 Å². The van der Waals surface area contributed by atoms with Gasteiger partial charge in [0.2, 0.25) is 5.91 Å². The molecular formula is C13H19N3O2. The third kappa shape index (κ3) is 3.00. The van der Waals surface area contributed by atoms with E-state index in [2.05, 4.69) is 10.6 Å². The van der Waals surface area contributed by atoms with E-state index in [1.165, 1.54) is 0 Å². The molecule has 98 valence electrons. The molecule has 1 aliphatic heterocycles. The van der Waals surface area contributed by atoms with E-state index in [-0.39, 0.29) is 5.91 Å². The molecule has 1 heterocycles. The highest BCUT2D eigenvalue weighted by Gasteiger charge is 2.16. The van der Waals surface area contributed by atoms with Gasteiger partial charge in [-0.3, -0.25) is 4.79 Å². The number of aliphatic hydroxyl groups excluding tert-OH is 1. The molecule has 0 saturated carbocycles. The fourth-order valence-corrected chi connectivity index (χ4v) is 2.08. The average molecular weight is 249 g/mol. The minimum atomic E-state index is -0.492. The standard InChI is InChI=1S/C13H19N3O2/c1-14-8-12(17)10-2-4-11(5-3-10)16-7-6-15-13(18)9-16/h2-5,12,14,17H,6-9H2,1H3,(H,15,18). The van der Waals surface area contributed by atoms with Crippen molar-refractivity contribution in [1.82, 2.24) is 10.6 Å². The second kappa shape index (κ2) is 5.84. The number of piperazine rings is 1. The van der Waals surface area contributed by atoms with E-state index >= 15 is 0 Å². The van der Waals surface area contributed by atoms with Gasteiger partial charge < -0.3 is 20.6 Å². The van der Waals surface area contributed by atoms with Crippen LogP contribution in [0.15, 0.2) is 24.3 Å². The molecule has 0 bridgehead atoms. The molecule has 0 spiro atoms. The molecule has 1 amide bonds. The van der Waals surface area contributed by atoms with Gasteiger partial charge in [-0.15, -0.1) is 0 Å². The summed E-state index contributed by atoms with van der Waals surface area (Å²) in [6.45, 7) is 2.44. The van der Waals surface area contributed by atoms with Crippen molar-refractivity contribution in [3.05, 3.63) is 29.8 Å². The van der Waals surface area contributed by atoms with E-state index < -0.39 is 6.10 Å². The number of likely N-dealkylation sites (N-methyl/N-ethyl adjacent to an activating group) is 1. The Morgan fingerprint density at radius 3 is 2.78 bits per heavy atom. The summed E-state index contributed by atoms with van der Waals surface area (Å²) in [5.74, 6) is 0.0561. The molecule has 0 aromatic heterocycles. The van der Waals surface area contributed by atoms with Crippen LogP contribution in [0.5, 0.6) is 0 Å². The summed E-state index contributed by atoms with van der Waals surface area (Å²) >= 11 is 0. The first-order valence-electron chi connectivity index (χ1n) is 6.15. The summed E-state index contributed by atoms with van der Waals surface area (Å²) in [4.78, 5) is 13.3. The lowest BCUT2D eigenvalue weighted by molar-refractivity contribution is -0.120. The third-order valence-electron chi connectivity index (χ3n) is 3.08. The molecule has 2 rings (SSSR count). The Morgan fingerprint density at radius 1 is 1.44 bits per heavy atom.